The lowest BCUT2D eigenvalue weighted by Gasteiger charge is -2.26. The summed E-state index contributed by atoms with van der Waals surface area (Å²) in [6.07, 6.45) is 3.47. The van der Waals surface area contributed by atoms with E-state index in [9.17, 15) is 4.79 Å². The first-order valence-corrected chi connectivity index (χ1v) is 6.77. The van der Waals surface area contributed by atoms with Crippen LogP contribution in [0.5, 0.6) is 0 Å². The summed E-state index contributed by atoms with van der Waals surface area (Å²) in [6, 6.07) is 6.22. The van der Waals surface area contributed by atoms with Gasteiger partial charge in [-0.15, -0.1) is 0 Å². The fourth-order valence-electron chi connectivity index (χ4n) is 2.65. The second kappa shape index (κ2) is 5.51. The van der Waals surface area contributed by atoms with Crippen LogP contribution < -0.4 is 0 Å². The Hall–Kier alpha value is -1.38. The molecule has 1 aliphatic rings. The van der Waals surface area contributed by atoms with Crippen LogP contribution in [0.3, 0.4) is 0 Å². The molecule has 1 N–H and O–H groups in total. The molecule has 3 nitrogen and oxygen atoms in total. The number of hydrogen-bond acceptors (Lipinski definition) is 2. The lowest BCUT2D eigenvalue weighted by molar-refractivity contribution is -0.142. The third-order valence-corrected chi connectivity index (χ3v) is 3.88. The van der Waals surface area contributed by atoms with Gasteiger partial charge in [0.25, 0.3) is 0 Å². The molecule has 3 heteroatoms. The quantitative estimate of drug-likeness (QED) is 0.888. The standard InChI is InChI=1S/C15H21NO2/c1-10(2)13-4-3-5-14(16-13)11-6-8-12(9-7-11)15(17)18/h3-5,10-12H,6-9H2,1-2H3,(H,17,18). The van der Waals surface area contributed by atoms with Gasteiger partial charge in [0.15, 0.2) is 0 Å². The van der Waals surface area contributed by atoms with E-state index in [1.54, 1.807) is 0 Å². The molecule has 0 atom stereocenters. The molecule has 2 rings (SSSR count). The zero-order valence-electron chi connectivity index (χ0n) is 11.1. The second-order valence-electron chi connectivity index (χ2n) is 5.53. The number of carboxylic acids is 1. The topological polar surface area (TPSA) is 50.2 Å². The van der Waals surface area contributed by atoms with Crippen molar-refractivity contribution in [1.82, 2.24) is 4.98 Å². The highest BCUT2D eigenvalue weighted by Gasteiger charge is 2.27. The van der Waals surface area contributed by atoms with Gasteiger partial charge in [-0.05, 0) is 43.7 Å². The number of rotatable bonds is 3. The molecule has 0 amide bonds. The fourth-order valence-corrected chi connectivity index (χ4v) is 2.65. The second-order valence-corrected chi connectivity index (χ2v) is 5.53. The van der Waals surface area contributed by atoms with Gasteiger partial charge in [0.2, 0.25) is 0 Å². The van der Waals surface area contributed by atoms with E-state index in [1.165, 1.54) is 0 Å². The highest BCUT2D eigenvalue weighted by Crippen LogP contribution is 2.35. The van der Waals surface area contributed by atoms with Crippen molar-refractivity contribution in [1.29, 1.82) is 0 Å². The lowest BCUT2D eigenvalue weighted by Crippen LogP contribution is -2.21. The van der Waals surface area contributed by atoms with E-state index in [-0.39, 0.29) is 5.92 Å². The molecule has 98 valence electrons. The van der Waals surface area contributed by atoms with Crippen molar-refractivity contribution in [3.63, 3.8) is 0 Å². The van der Waals surface area contributed by atoms with E-state index >= 15 is 0 Å². The van der Waals surface area contributed by atoms with Crippen LogP contribution >= 0.6 is 0 Å². The van der Waals surface area contributed by atoms with Crippen LogP contribution in [0.4, 0.5) is 0 Å². The van der Waals surface area contributed by atoms with Crippen molar-refractivity contribution < 1.29 is 9.90 Å². The molecule has 0 unspecified atom stereocenters. The molecule has 1 aromatic rings. The Balaban J connectivity index is 2.05. The number of pyridine rings is 1. The zero-order valence-corrected chi connectivity index (χ0v) is 11.1. The molecule has 0 radical (unpaired) electrons. The number of carbonyl (C=O) groups is 1. The Morgan fingerprint density at radius 1 is 1.28 bits per heavy atom. The minimum atomic E-state index is -0.641. The maximum atomic E-state index is 10.9. The smallest absolute Gasteiger partial charge is 0.306 e. The molecule has 0 aliphatic heterocycles. The van der Waals surface area contributed by atoms with Crippen molar-refractivity contribution in [2.45, 2.75) is 51.4 Å². The maximum absolute atomic E-state index is 10.9. The first-order chi connectivity index (χ1) is 8.58. The Kier molecular flexibility index (Phi) is 4.00. The van der Waals surface area contributed by atoms with Crippen LogP contribution in [0.2, 0.25) is 0 Å². The SMILES string of the molecule is CC(C)c1cccc(C2CCC(C(=O)O)CC2)n1. The number of carboxylic acid groups (broad SMARTS) is 1. The van der Waals surface area contributed by atoms with Crippen molar-refractivity contribution in [2.75, 3.05) is 0 Å². The largest absolute Gasteiger partial charge is 0.481 e. The van der Waals surface area contributed by atoms with E-state index < -0.39 is 5.97 Å². The molecule has 0 saturated heterocycles. The van der Waals surface area contributed by atoms with Crippen LogP contribution in [0.1, 0.15) is 62.8 Å². The van der Waals surface area contributed by atoms with Crippen molar-refractivity contribution in [2.24, 2.45) is 5.92 Å². The van der Waals surface area contributed by atoms with E-state index in [0.717, 1.165) is 37.1 Å². The first kappa shape index (κ1) is 13.1. The maximum Gasteiger partial charge on any atom is 0.306 e. The molecule has 1 saturated carbocycles. The van der Waals surface area contributed by atoms with E-state index in [2.05, 4.69) is 32.0 Å². The predicted octanol–water partition coefficient (Wildman–Crippen LogP) is 3.56. The van der Waals surface area contributed by atoms with Crippen molar-refractivity contribution in [3.8, 4) is 0 Å². The lowest BCUT2D eigenvalue weighted by atomic mass is 9.80. The van der Waals surface area contributed by atoms with E-state index in [0.29, 0.717) is 11.8 Å². The molecule has 1 aliphatic carbocycles. The number of aromatic nitrogens is 1. The van der Waals surface area contributed by atoms with Gasteiger partial charge in [-0.1, -0.05) is 19.9 Å². The Morgan fingerprint density at radius 2 is 1.94 bits per heavy atom. The van der Waals surface area contributed by atoms with E-state index in [1.807, 2.05) is 0 Å². The van der Waals surface area contributed by atoms with Gasteiger partial charge in [-0.3, -0.25) is 9.78 Å². The summed E-state index contributed by atoms with van der Waals surface area (Å²) in [5.41, 5.74) is 2.28. The van der Waals surface area contributed by atoms with E-state index in [4.69, 9.17) is 10.1 Å². The minimum Gasteiger partial charge on any atom is -0.481 e. The van der Waals surface area contributed by atoms with Gasteiger partial charge in [0, 0.05) is 17.3 Å². The highest BCUT2D eigenvalue weighted by molar-refractivity contribution is 5.70. The van der Waals surface area contributed by atoms with Gasteiger partial charge in [0.05, 0.1) is 5.92 Å². The molecule has 0 bridgehead atoms. The van der Waals surface area contributed by atoms with Crippen LogP contribution in [0.25, 0.3) is 0 Å². The van der Waals surface area contributed by atoms with Crippen LogP contribution in [0.15, 0.2) is 18.2 Å². The average molecular weight is 247 g/mol. The first-order valence-electron chi connectivity index (χ1n) is 6.77. The van der Waals surface area contributed by atoms with Crippen molar-refractivity contribution >= 4 is 5.97 Å². The summed E-state index contributed by atoms with van der Waals surface area (Å²) >= 11 is 0. The average Bonchev–Trinajstić information content (AvgIpc) is 2.39. The summed E-state index contributed by atoms with van der Waals surface area (Å²) < 4.78 is 0. The Morgan fingerprint density at radius 3 is 2.50 bits per heavy atom. The number of nitrogens with zero attached hydrogens (tertiary/aromatic N) is 1. The fraction of sp³-hybridized carbons (Fsp3) is 0.600. The monoisotopic (exact) mass is 247 g/mol. The molecular formula is C15H21NO2. The molecule has 1 heterocycles. The van der Waals surface area contributed by atoms with Crippen LogP contribution in [-0.4, -0.2) is 16.1 Å². The third-order valence-electron chi connectivity index (χ3n) is 3.88. The van der Waals surface area contributed by atoms with Gasteiger partial charge >= 0.3 is 5.97 Å². The zero-order chi connectivity index (χ0) is 13.1. The van der Waals surface area contributed by atoms with Crippen molar-refractivity contribution in [3.05, 3.63) is 29.6 Å². The number of aliphatic carboxylic acids is 1. The van der Waals surface area contributed by atoms with Gasteiger partial charge in [0.1, 0.15) is 0 Å². The Bertz CT molecular complexity index is 420. The molecule has 18 heavy (non-hydrogen) atoms. The van der Waals surface area contributed by atoms with Crippen LogP contribution in [-0.2, 0) is 4.79 Å². The molecular weight excluding hydrogens is 226 g/mol. The summed E-state index contributed by atoms with van der Waals surface area (Å²) in [5.74, 6) is 0.103. The Labute approximate surface area is 108 Å². The molecule has 1 fully saturated rings. The highest BCUT2D eigenvalue weighted by atomic mass is 16.4. The van der Waals surface area contributed by atoms with Gasteiger partial charge in [-0.2, -0.15) is 0 Å². The summed E-state index contributed by atoms with van der Waals surface area (Å²) in [6.45, 7) is 4.29. The summed E-state index contributed by atoms with van der Waals surface area (Å²) in [4.78, 5) is 15.6. The molecule has 0 spiro atoms. The third kappa shape index (κ3) is 2.89. The minimum absolute atomic E-state index is 0.144. The normalized spacial score (nSPS) is 24.2. The summed E-state index contributed by atoms with van der Waals surface area (Å²) in [7, 11) is 0. The van der Waals surface area contributed by atoms with Gasteiger partial charge in [-0.25, -0.2) is 0 Å². The summed E-state index contributed by atoms with van der Waals surface area (Å²) in [5, 5.41) is 9.00. The predicted molar refractivity (Wildman–Crippen MR) is 70.7 cm³/mol. The molecule has 1 aromatic heterocycles. The molecule has 0 aromatic carbocycles. The number of hydrogen-bond donors (Lipinski definition) is 1. The van der Waals surface area contributed by atoms with Gasteiger partial charge < -0.3 is 5.11 Å². The van der Waals surface area contributed by atoms with Crippen LogP contribution in [0, 0.1) is 5.92 Å².